The van der Waals surface area contributed by atoms with Gasteiger partial charge in [-0.15, -0.1) is 0 Å². The van der Waals surface area contributed by atoms with Crippen molar-refractivity contribution in [2.45, 2.75) is 32.3 Å². The van der Waals surface area contributed by atoms with E-state index < -0.39 is 34.7 Å². The van der Waals surface area contributed by atoms with E-state index >= 15 is 0 Å². The molecule has 1 aromatic carbocycles. The predicted octanol–water partition coefficient (Wildman–Crippen LogP) is 2.96. The van der Waals surface area contributed by atoms with Crippen LogP contribution in [0.25, 0.3) is 10.4 Å². The Balaban J connectivity index is 2.16. The van der Waals surface area contributed by atoms with Crippen LogP contribution in [0.1, 0.15) is 37.9 Å². The Kier molecular flexibility index (Phi) is 7.97. The molecule has 0 aromatic heterocycles. The Bertz CT molecular complexity index is 913. The summed E-state index contributed by atoms with van der Waals surface area (Å²) in [6, 6.07) is 2.38. The number of benzene rings is 1. The van der Waals surface area contributed by atoms with Gasteiger partial charge in [-0.1, -0.05) is 10.2 Å². The molecule has 31 heavy (non-hydrogen) atoms. The predicted molar refractivity (Wildman–Crippen MR) is 101 cm³/mol. The van der Waals surface area contributed by atoms with Gasteiger partial charge in [0.25, 0.3) is 17.5 Å². The Morgan fingerprint density at radius 1 is 1.32 bits per heavy atom. The standard InChI is InChI=1S/C17H19N5O9/c1-10(30-17(25)31-21-15(23)4-5-16(21)24)11-8-13(28-2)14(9-12(11)22(26)27)29-7-3-6-19-20-18/h8-10H,3-7H2,1-2H3. The molecular weight excluding hydrogens is 418 g/mol. The summed E-state index contributed by atoms with van der Waals surface area (Å²) in [5.74, 6) is -1.17. The van der Waals surface area contributed by atoms with Gasteiger partial charge < -0.3 is 14.2 Å². The fourth-order valence-electron chi connectivity index (χ4n) is 2.64. The summed E-state index contributed by atoms with van der Waals surface area (Å²) in [7, 11) is 1.32. The lowest BCUT2D eigenvalue weighted by Gasteiger charge is -2.18. The number of imide groups is 1. The molecule has 1 heterocycles. The summed E-state index contributed by atoms with van der Waals surface area (Å²) >= 11 is 0. The van der Waals surface area contributed by atoms with E-state index in [2.05, 4.69) is 14.9 Å². The van der Waals surface area contributed by atoms with E-state index in [1.54, 1.807) is 0 Å². The molecule has 14 nitrogen and oxygen atoms in total. The van der Waals surface area contributed by atoms with E-state index in [9.17, 15) is 24.5 Å². The van der Waals surface area contributed by atoms with E-state index in [4.69, 9.17) is 19.7 Å². The van der Waals surface area contributed by atoms with Gasteiger partial charge in [-0.05, 0) is 24.9 Å². The Labute approximate surface area is 175 Å². The van der Waals surface area contributed by atoms with Crippen LogP contribution < -0.4 is 9.47 Å². The fourth-order valence-corrected chi connectivity index (χ4v) is 2.64. The Hall–Kier alpha value is -4.06. The van der Waals surface area contributed by atoms with Crippen LogP contribution in [0.4, 0.5) is 10.5 Å². The van der Waals surface area contributed by atoms with Gasteiger partial charge in [0.15, 0.2) is 11.5 Å². The first kappa shape index (κ1) is 23.2. The first-order valence-corrected chi connectivity index (χ1v) is 9.02. The number of nitro groups is 1. The van der Waals surface area contributed by atoms with Crippen molar-refractivity contribution in [2.75, 3.05) is 20.3 Å². The number of carbonyl (C=O) groups is 3. The van der Waals surface area contributed by atoms with Crippen molar-refractivity contribution in [1.29, 1.82) is 0 Å². The molecule has 2 amide bonds. The van der Waals surface area contributed by atoms with Gasteiger partial charge in [0.1, 0.15) is 6.10 Å². The van der Waals surface area contributed by atoms with Gasteiger partial charge in [0.05, 0.1) is 30.3 Å². The number of hydroxylamine groups is 2. The molecule has 1 unspecified atom stereocenters. The molecule has 14 heteroatoms. The third kappa shape index (κ3) is 5.96. The molecular formula is C17H19N5O9. The third-order valence-corrected chi connectivity index (χ3v) is 4.12. The number of ether oxygens (including phenoxy) is 3. The average Bonchev–Trinajstić information content (AvgIpc) is 3.04. The summed E-state index contributed by atoms with van der Waals surface area (Å²) in [4.78, 5) is 53.0. The minimum atomic E-state index is -1.37. The first-order valence-electron chi connectivity index (χ1n) is 9.02. The molecule has 1 fully saturated rings. The molecule has 0 radical (unpaired) electrons. The zero-order valence-electron chi connectivity index (χ0n) is 16.7. The maximum atomic E-state index is 12.0. The van der Waals surface area contributed by atoms with Gasteiger partial charge >= 0.3 is 6.16 Å². The van der Waals surface area contributed by atoms with Crippen LogP contribution in [-0.4, -0.2) is 48.2 Å². The number of carbonyl (C=O) groups excluding carboxylic acids is 3. The molecule has 2 rings (SSSR count). The zero-order valence-corrected chi connectivity index (χ0v) is 16.7. The molecule has 0 aliphatic carbocycles. The Morgan fingerprint density at radius 3 is 2.58 bits per heavy atom. The van der Waals surface area contributed by atoms with E-state index in [0.717, 1.165) is 6.07 Å². The maximum absolute atomic E-state index is 12.0. The van der Waals surface area contributed by atoms with Crippen LogP contribution in [0.5, 0.6) is 11.5 Å². The van der Waals surface area contributed by atoms with Gasteiger partial charge in [-0.3, -0.25) is 24.5 Å². The SMILES string of the molecule is COc1cc(C(C)OC(=O)ON2C(=O)CCC2=O)c([N+](=O)[O-])cc1OCCCN=[N+]=[N-]. The largest absolute Gasteiger partial charge is 0.534 e. The zero-order chi connectivity index (χ0) is 23.0. The van der Waals surface area contributed by atoms with Crippen molar-refractivity contribution in [3.63, 3.8) is 0 Å². The lowest BCUT2D eigenvalue weighted by Crippen LogP contribution is -2.32. The normalized spacial score (nSPS) is 13.9. The van der Waals surface area contributed by atoms with Gasteiger partial charge in [0, 0.05) is 24.3 Å². The second-order valence-corrected chi connectivity index (χ2v) is 6.16. The van der Waals surface area contributed by atoms with E-state index in [1.807, 2.05) is 0 Å². The first-order chi connectivity index (χ1) is 14.8. The van der Waals surface area contributed by atoms with Crippen LogP contribution in [-0.2, 0) is 19.2 Å². The van der Waals surface area contributed by atoms with Crippen molar-refractivity contribution < 1.29 is 38.4 Å². The maximum Gasteiger partial charge on any atom is 0.534 e. The summed E-state index contributed by atoms with van der Waals surface area (Å²) in [6.45, 7) is 1.65. The lowest BCUT2D eigenvalue weighted by atomic mass is 10.1. The van der Waals surface area contributed by atoms with Crippen LogP contribution >= 0.6 is 0 Å². The minimum absolute atomic E-state index is 0.0284. The van der Waals surface area contributed by atoms with Crippen molar-refractivity contribution in [3.8, 4) is 11.5 Å². The fraction of sp³-hybridized carbons (Fsp3) is 0.471. The number of amides is 2. The molecule has 1 saturated heterocycles. The summed E-state index contributed by atoms with van der Waals surface area (Å²) < 4.78 is 15.7. The second kappa shape index (κ2) is 10.6. The highest BCUT2D eigenvalue weighted by Crippen LogP contribution is 2.38. The highest BCUT2D eigenvalue weighted by molar-refractivity contribution is 6.01. The van der Waals surface area contributed by atoms with Crippen LogP contribution in [0.15, 0.2) is 17.2 Å². The second-order valence-electron chi connectivity index (χ2n) is 6.16. The summed E-state index contributed by atoms with van der Waals surface area (Å²) in [5.41, 5.74) is 7.81. The lowest BCUT2D eigenvalue weighted by molar-refractivity contribution is -0.386. The number of nitrogens with zero attached hydrogens (tertiary/aromatic N) is 5. The number of hydrogen-bond donors (Lipinski definition) is 0. The molecule has 1 atom stereocenters. The topological polar surface area (TPSA) is 183 Å². The van der Waals surface area contributed by atoms with E-state index in [1.165, 1.54) is 20.1 Å². The number of rotatable bonds is 10. The van der Waals surface area contributed by atoms with Gasteiger partial charge in [-0.25, -0.2) is 4.79 Å². The highest BCUT2D eigenvalue weighted by atomic mass is 16.8. The number of nitro benzene ring substituents is 1. The van der Waals surface area contributed by atoms with E-state index in [0.29, 0.717) is 11.5 Å². The number of methoxy groups -OCH3 is 1. The van der Waals surface area contributed by atoms with Crippen molar-refractivity contribution in [3.05, 3.63) is 38.3 Å². The van der Waals surface area contributed by atoms with Gasteiger partial charge in [-0.2, -0.15) is 0 Å². The smallest absolute Gasteiger partial charge is 0.493 e. The molecule has 0 spiro atoms. The summed E-state index contributed by atoms with van der Waals surface area (Å²) in [5, 5.41) is 15.2. The van der Waals surface area contributed by atoms with Crippen LogP contribution in [0, 0.1) is 10.1 Å². The number of hydrogen-bond acceptors (Lipinski definition) is 10. The average molecular weight is 437 g/mol. The molecule has 1 aromatic rings. The monoisotopic (exact) mass is 437 g/mol. The molecule has 166 valence electrons. The number of azide groups is 1. The van der Waals surface area contributed by atoms with Crippen LogP contribution in [0.2, 0.25) is 0 Å². The third-order valence-electron chi connectivity index (χ3n) is 4.12. The van der Waals surface area contributed by atoms with Crippen molar-refractivity contribution >= 4 is 23.7 Å². The Morgan fingerprint density at radius 2 is 2.00 bits per heavy atom. The van der Waals surface area contributed by atoms with Gasteiger partial charge in [0.2, 0.25) is 0 Å². The van der Waals surface area contributed by atoms with Crippen molar-refractivity contribution in [2.24, 2.45) is 5.11 Å². The van der Waals surface area contributed by atoms with Crippen LogP contribution in [0.3, 0.4) is 0 Å². The minimum Gasteiger partial charge on any atom is -0.493 e. The van der Waals surface area contributed by atoms with E-state index in [-0.39, 0.29) is 43.1 Å². The highest BCUT2D eigenvalue weighted by Gasteiger charge is 2.34. The molecule has 0 saturated carbocycles. The summed E-state index contributed by atoms with van der Waals surface area (Å²) in [6.07, 6.45) is -2.36. The molecule has 0 bridgehead atoms. The molecule has 1 aliphatic heterocycles. The quantitative estimate of drug-likeness (QED) is 0.0775. The molecule has 0 N–H and O–H groups in total. The van der Waals surface area contributed by atoms with Crippen molar-refractivity contribution in [1.82, 2.24) is 5.06 Å². The molecule has 1 aliphatic rings.